The fourth-order valence-electron chi connectivity index (χ4n) is 3.66. The van der Waals surface area contributed by atoms with Gasteiger partial charge in [0.05, 0.1) is 0 Å². The zero-order chi connectivity index (χ0) is 17.9. The maximum atomic E-state index is 4.34. The molecule has 0 aromatic rings. The first-order valence-corrected chi connectivity index (χ1v) is 11.4. The van der Waals surface area contributed by atoms with Crippen molar-refractivity contribution in [2.24, 2.45) is 5.92 Å². The lowest BCUT2D eigenvalue weighted by atomic mass is 9.88. The van der Waals surface area contributed by atoms with E-state index >= 15 is 0 Å². The normalized spacial score (nSPS) is 12.5. The Morgan fingerprint density at radius 1 is 0.542 bits per heavy atom. The summed E-state index contributed by atoms with van der Waals surface area (Å²) in [5.41, 5.74) is 1.52. The molecule has 0 N–H and O–H groups in total. The Bertz CT molecular complexity index is 253. The Labute approximate surface area is 154 Å². The molecule has 0 aromatic heterocycles. The third-order valence-corrected chi connectivity index (χ3v) is 5.47. The predicted molar refractivity (Wildman–Crippen MR) is 113 cm³/mol. The Morgan fingerprint density at radius 3 is 1.58 bits per heavy atom. The lowest BCUT2D eigenvalue weighted by Crippen LogP contribution is -2.02. The molecule has 0 bridgehead atoms. The molecule has 0 saturated heterocycles. The fraction of sp³-hybridized carbons (Fsp3) is 0.917. The van der Waals surface area contributed by atoms with Gasteiger partial charge in [0.2, 0.25) is 0 Å². The van der Waals surface area contributed by atoms with Gasteiger partial charge in [0.15, 0.2) is 0 Å². The van der Waals surface area contributed by atoms with E-state index in [0.717, 1.165) is 5.92 Å². The van der Waals surface area contributed by atoms with Gasteiger partial charge in [-0.05, 0) is 31.6 Å². The van der Waals surface area contributed by atoms with Crippen molar-refractivity contribution in [2.45, 2.75) is 136 Å². The predicted octanol–water partition coefficient (Wildman–Crippen LogP) is 9.24. The van der Waals surface area contributed by atoms with Crippen molar-refractivity contribution in [1.29, 1.82) is 0 Å². The van der Waals surface area contributed by atoms with Crippen LogP contribution in [0.3, 0.4) is 0 Å². The van der Waals surface area contributed by atoms with Gasteiger partial charge in [-0.1, -0.05) is 123 Å². The molecule has 144 valence electrons. The van der Waals surface area contributed by atoms with Crippen LogP contribution in [0.1, 0.15) is 136 Å². The van der Waals surface area contributed by atoms with Crippen LogP contribution in [0.15, 0.2) is 12.2 Å². The summed E-state index contributed by atoms with van der Waals surface area (Å²) in [7, 11) is 0. The molecule has 0 aliphatic heterocycles. The topological polar surface area (TPSA) is 0 Å². The molecule has 0 saturated carbocycles. The van der Waals surface area contributed by atoms with Gasteiger partial charge in [-0.25, -0.2) is 0 Å². The molecular formula is C24H48. The van der Waals surface area contributed by atoms with Gasteiger partial charge in [0, 0.05) is 0 Å². The van der Waals surface area contributed by atoms with E-state index in [0.29, 0.717) is 0 Å². The van der Waals surface area contributed by atoms with Crippen LogP contribution in [0.2, 0.25) is 0 Å². The summed E-state index contributed by atoms with van der Waals surface area (Å²) in [5.74, 6) is 0.968. The third kappa shape index (κ3) is 16.6. The number of hydrogen-bond acceptors (Lipinski definition) is 0. The van der Waals surface area contributed by atoms with E-state index in [1.54, 1.807) is 0 Å². The monoisotopic (exact) mass is 336 g/mol. The number of allylic oxidation sites excluding steroid dienone is 1. The van der Waals surface area contributed by atoms with Gasteiger partial charge in [-0.2, -0.15) is 0 Å². The van der Waals surface area contributed by atoms with Crippen molar-refractivity contribution < 1.29 is 0 Å². The summed E-state index contributed by atoms with van der Waals surface area (Å²) in [6.45, 7) is 11.2. The molecule has 0 heterocycles. The molecule has 0 amide bonds. The molecule has 0 heteroatoms. The fourth-order valence-corrected chi connectivity index (χ4v) is 3.66. The second kappa shape index (κ2) is 19.1. The maximum absolute atomic E-state index is 4.34. The summed E-state index contributed by atoms with van der Waals surface area (Å²) in [5, 5.41) is 0. The van der Waals surface area contributed by atoms with Crippen LogP contribution >= 0.6 is 0 Å². The van der Waals surface area contributed by atoms with Gasteiger partial charge < -0.3 is 0 Å². The lowest BCUT2D eigenvalue weighted by Gasteiger charge is -2.18. The molecule has 0 radical (unpaired) electrons. The summed E-state index contributed by atoms with van der Waals surface area (Å²) in [6.07, 6.45) is 25.3. The molecule has 0 spiro atoms. The average Bonchev–Trinajstić information content (AvgIpc) is 2.59. The second-order valence-electron chi connectivity index (χ2n) is 8.02. The Morgan fingerprint density at radius 2 is 1.00 bits per heavy atom. The van der Waals surface area contributed by atoms with E-state index < -0.39 is 0 Å². The first-order chi connectivity index (χ1) is 11.7. The highest BCUT2D eigenvalue weighted by Gasteiger charge is 2.09. The summed E-state index contributed by atoms with van der Waals surface area (Å²) < 4.78 is 0. The van der Waals surface area contributed by atoms with E-state index in [4.69, 9.17) is 0 Å². The smallest absolute Gasteiger partial charge is 0.0320 e. The highest BCUT2D eigenvalue weighted by molar-refractivity contribution is 4.94. The molecule has 0 aromatic carbocycles. The van der Waals surface area contributed by atoms with Crippen LogP contribution in [-0.2, 0) is 0 Å². The highest BCUT2D eigenvalue weighted by Crippen LogP contribution is 2.25. The van der Waals surface area contributed by atoms with Crippen LogP contribution in [0.4, 0.5) is 0 Å². The van der Waals surface area contributed by atoms with Crippen molar-refractivity contribution >= 4 is 0 Å². The molecule has 0 nitrogen and oxygen atoms in total. The zero-order valence-corrected chi connectivity index (χ0v) is 17.5. The molecule has 0 aliphatic rings. The summed E-state index contributed by atoms with van der Waals surface area (Å²) in [6, 6.07) is 0. The minimum atomic E-state index is 0.968. The van der Waals surface area contributed by atoms with Gasteiger partial charge in [0.1, 0.15) is 0 Å². The Kier molecular flexibility index (Phi) is 18.9. The van der Waals surface area contributed by atoms with Gasteiger partial charge in [-0.3, -0.25) is 0 Å². The quantitative estimate of drug-likeness (QED) is 0.163. The third-order valence-electron chi connectivity index (χ3n) is 5.47. The number of rotatable bonds is 19. The van der Waals surface area contributed by atoms with Crippen LogP contribution < -0.4 is 0 Å². The molecule has 24 heavy (non-hydrogen) atoms. The summed E-state index contributed by atoms with van der Waals surface area (Å²) in [4.78, 5) is 0. The van der Waals surface area contributed by atoms with Crippen LogP contribution in [-0.4, -0.2) is 0 Å². The van der Waals surface area contributed by atoms with Crippen molar-refractivity contribution in [1.82, 2.24) is 0 Å². The van der Waals surface area contributed by atoms with Crippen LogP contribution in [0.5, 0.6) is 0 Å². The van der Waals surface area contributed by atoms with E-state index in [1.165, 1.54) is 121 Å². The van der Waals surface area contributed by atoms with Crippen molar-refractivity contribution in [3.05, 3.63) is 12.2 Å². The second-order valence-corrected chi connectivity index (χ2v) is 8.02. The largest absolute Gasteiger partial charge is 0.0999 e. The minimum absolute atomic E-state index is 0.968. The SMILES string of the molecule is C=C(CCCCC)CCC(CCCCCC)CCCCCCCC. The Balaban J connectivity index is 3.91. The molecule has 0 rings (SSSR count). The van der Waals surface area contributed by atoms with Crippen molar-refractivity contribution in [3.8, 4) is 0 Å². The highest BCUT2D eigenvalue weighted by atomic mass is 14.2. The van der Waals surface area contributed by atoms with Crippen LogP contribution in [0, 0.1) is 5.92 Å². The molecule has 1 atom stereocenters. The van der Waals surface area contributed by atoms with Gasteiger partial charge in [0.25, 0.3) is 0 Å². The molecule has 0 aliphatic carbocycles. The van der Waals surface area contributed by atoms with Crippen LogP contribution in [0.25, 0.3) is 0 Å². The average molecular weight is 337 g/mol. The maximum Gasteiger partial charge on any atom is -0.0320 e. The minimum Gasteiger partial charge on any atom is -0.0999 e. The standard InChI is InChI=1S/C24H48/c1-5-8-11-13-14-17-20-24(19-16-12-9-6-2)22-21-23(4)18-15-10-7-3/h24H,4-22H2,1-3H3. The molecule has 0 fully saturated rings. The molecular weight excluding hydrogens is 288 g/mol. The van der Waals surface area contributed by atoms with Crippen molar-refractivity contribution in [3.63, 3.8) is 0 Å². The van der Waals surface area contributed by atoms with E-state index in [-0.39, 0.29) is 0 Å². The summed E-state index contributed by atoms with van der Waals surface area (Å²) >= 11 is 0. The van der Waals surface area contributed by atoms with Crippen molar-refractivity contribution in [2.75, 3.05) is 0 Å². The first kappa shape index (κ1) is 23.7. The Hall–Kier alpha value is -0.260. The zero-order valence-electron chi connectivity index (χ0n) is 17.5. The lowest BCUT2D eigenvalue weighted by molar-refractivity contribution is 0.380. The van der Waals surface area contributed by atoms with Gasteiger partial charge in [-0.15, -0.1) is 0 Å². The number of hydrogen-bond donors (Lipinski definition) is 0. The molecule has 1 unspecified atom stereocenters. The number of unbranched alkanes of at least 4 members (excludes halogenated alkanes) is 10. The van der Waals surface area contributed by atoms with E-state index in [2.05, 4.69) is 27.4 Å². The first-order valence-electron chi connectivity index (χ1n) is 11.4. The van der Waals surface area contributed by atoms with E-state index in [1.807, 2.05) is 0 Å². The van der Waals surface area contributed by atoms with E-state index in [9.17, 15) is 0 Å². The van der Waals surface area contributed by atoms with Gasteiger partial charge >= 0.3 is 0 Å².